The second-order valence-corrected chi connectivity index (χ2v) is 4.86. The van der Waals surface area contributed by atoms with Crippen LogP contribution >= 0.6 is 0 Å². The Morgan fingerprint density at radius 2 is 1.88 bits per heavy atom. The van der Waals surface area contributed by atoms with Crippen molar-refractivity contribution in [2.45, 2.75) is 33.3 Å². The first-order valence-electron chi connectivity index (χ1n) is 6.02. The van der Waals surface area contributed by atoms with Crippen molar-refractivity contribution in [2.75, 3.05) is 6.54 Å². The van der Waals surface area contributed by atoms with Crippen LogP contribution in [0.3, 0.4) is 0 Å². The molecule has 0 aliphatic carbocycles. The van der Waals surface area contributed by atoms with Gasteiger partial charge in [0.15, 0.2) is 0 Å². The van der Waals surface area contributed by atoms with Crippen LogP contribution in [0.4, 0.5) is 0 Å². The summed E-state index contributed by atoms with van der Waals surface area (Å²) in [5, 5.41) is 12.4. The molecular weight excluding hydrogens is 214 g/mol. The fourth-order valence-electron chi connectivity index (χ4n) is 1.64. The number of rotatable bonds is 5. The minimum absolute atomic E-state index is 0.132. The van der Waals surface area contributed by atoms with E-state index < -0.39 is 6.10 Å². The molecular formula is C14H21NO2. The predicted octanol–water partition coefficient (Wildman–Crippen LogP) is 2.13. The van der Waals surface area contributed by atoms with Gasteiger partial charge in [-0.1, -0.05) is 31.5 Å². The van der Waals surface area contributed by atoms with Crippen molar-refractivity contribution in [3.05, 3.63) is 35.4 Å². The van der Waals surface area contributed by atoms with Gasteiger partial charge in [-0.05, 0) is 31.4 Å². The summed E-state index contributed by atoms with van der Waals surface area (Å²) in [6.07, 6.45) is 0.234. The third-order valence-electron chi connectivity index (χ3n) is 2.56. The van der Waals surface area contributed by atoms with Crippen LogP contribution in [0.1, 0.15) is 36.2 Å². The van der Waals surface area contributed by atoms with E-state index in [1.807, 2.05) is 32.9 Å². The minimum atomic E-state index is -0.468. The van der Waals surface area contributed by atoms with E-state index in [2.05, 4.69) is 5.32 Å². The first-order valence-corrected chi connectivity index (χ1v) is 6.02. The van der Waals surface area contributed by atoms with Gasteiger partial charge in [-0.15, -0.1) is 0 Å². The van der Waals surface area contributed by atoms with E-state index in [9.17, 15) is 9.90 Å². The monoisotopic (exact) mass is 235 g/mol. The quantitative estimate of drug-likeness (QED) is 0.821. The van der Waals surface area contributed by atoms with Gasteiger partial charge in [0.25, 0.3) is 5.91 Å². The Morgan fingerprint density at radius 3 is 2.41 bits per heavy atom. The number of amides is 1. The fourth-order valence-corrected chi connectivity index (χ4v) is 1.64. The maximum atomic E-state index is 11.7. The van der Waals surface area contributed by atoms with E-state index in [0.717, 1.165) is 5.56 Å². The third kappa shape index (κ3) is 5.00. The van der Waals surface area contributed by atoms with Gasteiger partial charge in [-0.2, -0.15) is 0 Å². The van der Waals surface area contributed by atoms with Crippen molar-refractivity contribution in [1.82, 2.24) is 5.32 Å². The zero-order chi connectivity index (χ0) is 12.8. The number of aliphatic hydroxyl groups is 1. The Labute approximate surface area is 103 Å². The number of nitrogens with one attached hydrogen (secondary N) is 1. The minimum Gasteiger partial charge on any atom is -0.391 e. The SMILES string of the molecule is Cc1ccc(C(=O)NCC(O)CC(C)C)cc1. The van der Waals surface area contributed by atoms with E-state index >= 15 is 0 Å². The Balaban J connectivity index is 2.42. The highest BCUT2D eigenvalue weighted by Crippen LogP contribution is 2.05. The average Bonchev–Trinajstić information content (AvgIpc) is 2.26. The lowest BCUT2D eigenvalue weighted by Crippen LogP contribution is -2.32. The van der Waals surface area contributed by atoms with Crippen LogP contribution in [0.25, 0.3) is 0 Å². The number of hydrogen-bond donors (Lipinski definition) is 2. The molecule has 2 N–H and O–H groups in total. The molecule has 0 aliphatic heterocycles. The van der Waals surface area contributed by atoms with Crippen molar-refractivity contribution in [3.63, 3.8) is 0 Å². The molecule has 1 rings (SSSR count). The highest BCUT2D eigenvalue weighted by atomic mass is 16.3. The smallest absolute Gasteiger partial charge is 0.251 e. The Hall–Kier alpha value is -1.35. The molecule has 1 amide bonds. The molecule has 0 saturated carbocycles. The average molecular weight is 235 g/mol. The zero-order valence-electron chi connectivity index (χ0n) is 10.7. The van der Waals surface area contributed by atoms with Crippen LogP contribution in [0, 0.1) is 12.8 Å². The van der Waals surface area contributed by atoms with Crippen molar-refractivity contribution < 1.29 is 9.90 Å². The fraction of sp³-hybridized carbons (Fsp3) is 0.500. The highest BCUT2D eigenvalue weighted by molar-refractivity contribution is 5.94. The molecule has 3 nitrogen and oxygen atoms in total. The molecule has 0 heterocycles. The van der Waals surface area contributed by atoms with E-state index in [1.54, 1.807) is 12.1 Å². The molecule has 0 spiro atoms. The van der Waals surface area contributed by atoms with Crippen LogP contribution < -0.4 is 5.32 Å². The summed E-state index contributed by atoms with van der Waals surface area (Å²) in [5.74, 6) is 0.300. The molecule has 1 atom stereocenters. The van der Waals surface area contributed by atoms with Gasteiger partial charge in [0, 0.05) is 12.1 Å². The molecule has 3 heteroatoms. The Kier molecular flexibility index (Phi) is 5.16. The lowest BCUT2D eigenvalue weighted by atomic mass is 10.1. The lowest BCUT2D eigenvalue weighted by Gasteiger charge is -2.13. The summed E-state index contributed by atoms with van der Waals surface area (Å²) < 4.78 is 0. The molecule has 1 unspecified atom stereocenters. The number of carbonyl (C=O) groups excluding carboxylic acids is 1. The summed E-state index contributed by atoms with van der Waals surface area (Å²) in [5.41, 5.74) is 1.76. The van der Waals surface area contributed by atoms with Crippen molar-refractivity contribution in [3.8, 4) is 0 Å². The third-order valence-corrected chi connectivity index (χ3v) is 2.56. The van der Waals surface area contributed by atoms with Crippen molar-refractivity contribution in [2.24, 2.45) is 5.92 Å². The molecule has 94 valence electrons. The zero-order valence-corrected chi connectivity index (χ0v) is 10.7. The van der Waals surface area contributed by atoms with Gasteiger partial charge in [0.2, 0.25) is 0 Å². The van der Waals surface area contributed by atoms with E-state index in [-0.39, 0.29) is 5.91 Å². The molecule has 0 fully saturated rings. The number of benzene rings is 1. The lowest BCUT2D eigenvalue weighted by molar-refractivity contribution is 0.0900. The van der Waals surface area contributed by atoms with Gasteiger partial charge in [0.05, 0.1) is 6.10 Å². The van der Waals surface area contributed by atoms with Crippen molar-refractivity contribution >= 4 is 5.91 Å². The predicted molar refractivity (Wildman–Crippen MR) is 69.0 cm³/mol. The van der Waals surface area contributed by atoms with E-state index in [1.165, 1.54) is 0 Å². The number of aryl methyl sites for hydroxylation is 1. The highest BCUT2D eigenvalue weighted by Gasteiger charge is 2.10. The molecule has 0 bridgehead atoms. The number of aliphatic hydroxyl groups excluding tert-OH is 1. The molecule has 0 saturated heterocycles. The maximum Gasteiger partial charge on any atom is 0.251 e. The molecule has 1 aromatic carbocycles. The second-order valence-electron chi connectivity index (χ2n) is 4.86. The van der Waals surface area contributed by atoms with Crippen LogP contribution in [-0.4, -0.2) is 23.7 Å². The summed E-state index contributed by atoms with van der Waals surface area (Å²) >= 11 is 0. The Morgan fingerprint density at radius 1 is 1.29 bits per heavy atom. The van der Waals surface area contributed by atoms with Gasteiger partial charge in [0.1, 0.15) is 0 Å². The summed E-state index contributed by atoms with van der Waals surface area (Å²) in [6, 6.07) is 7.39. The van der Waals surface area contributed by atoms with E-state index in [0.29, 0.717) is 24.4 Å². The number of carbonyl (C=O) groups is 1. The first kappa shape index (κ1) is 13.7. The Bertz CT molecular complexity index is 357. The number of hydrogen-bond acceptors (Lipinski definition) is 2. The van der Waals surface area contributed by atoms with Crippen LogP contribution in [0.2, 0.25) is 0 Å². The molecule has 0 aliphatic rings. The molecule has 0 radical (unpaired) electrons. The van der Waals surface area contributed by atoms with Crippen LogP contribution in [0.15, 0.2) is 24.3 Å². The van der Waals surface area contributed by atoms with Crippen LogP contribution in [0.5, 0.6) is 0 Å². The van der Waals surface area contributed by atoms with Gasteiger partial charge in [-0.3, -0.25) is 4.79 Å². The summed E-state index contributed by atoms with van der Waals surface area (Å²) in [4.78, 5) is 11.7. The maximum absolute atomic E-state index is 11.7. The van der Waals surface area contributed by atoms with Gasteiger partial charge < -0.3 is 10.4 Å². The summed E-state index contributed by atoms with van der Waals surface area (Å²) in [6.45, 7) is 6.38. The van der Waals surface area contributed by atoms with E-state index in [4.69, 9.17) is 0 Å². The van der Waals surface area contributed by atoms with Crippen molar-refractivity contribution in [1.29, 1.82) is 0 Å². The second kappa shape index (κ2) is 6.40. The molecule has 0 aromatic heterocycles. The topological polar surface area (TPSA) is 49.3 Å². The first-order chi connectivity index (χ1) is 7.99. The normalized spacial score (nSPS) is 12.5. The van der Waals surface area contributed by atoms with Gasteiger partial charge in [-0.25, -0.2) is 0 Å². The largest absolute Gasteiger partial charge is 0.391 e. The summed E-state index contributed by atoms with van der Waals surface area (Å²) in [7, 11) is 0. The van der Waals surface area contributed by atoms with Gasteiger partial charge >= 0.3 is 0 Å². The molecule has 17 heavy (non-hydrogen) atoms. The molecule has 1 aromatic rings. The van der Waals surface area contributed by atoms with Crippen LogP contribution in [-0.2, 0) is 0 Å². The standard InChI is InChI=1S/C14H21NO2/c1-10(2)8-13(16)9-15-14(17)12-6-4-11(3)5-7-12/h4-7,10,13,16H,8-9H2,1-3H3,(H,15,17).